The van der Waals surface area contributed by atoms with Crippen LogP contribution in [0.2, 0.25) is 0 Å². The molecule has 0 radical (unpaired) electrons. The van der Waals surface area contributed by atoms with Crippen LogP contribution in [0, 0.1) is 11.8 Å². The highest BCUT2D eigenvalue weighted by Crippen LogP contribution is 2.34. The Kier molecular flexibility index (Phi) is 5.02. The van der Waals surface area contributed by atoms with E-state index in [4.69, 9.17) is 0 Å². The van der Waals surface area contributed by atoms with Gasteiger partial charge in [0.05, 0.1) is 5.92 Å². The summed E-state index contributed by atoms with van der Waals surface area (Å²) in [6.45, 7) is 0. The molecule has 1 saturated carbocycles. The predicted octanol–water partition coefficient (Wildman–Crippen LogP) is 3.34. The molecule has 2 atom stereocenters. The maximum absolute atomic E-state index is 12.2. The molecule has 1 N–H and O–H groups in total. The molecule has 0 spiro atoms. The summed E-state index contributed by atoms with van der Waals surface area (Å²) in [7, 11) is 0. The van der Waals surface area contributed by atoms with E-state index in [-0.39, 0.29) is 11.0 Å². The molecular formula is C15H18O3S. The normalized spacial score (nSPS) is 22.9. The van der Waals surface area contributed by atoms with Crippen LogP contribution in [0.1, 0.15) is 31.2 Å². The van der Waals surface area contributed by atoms with E-state index >= 15 is 0 Å². The predicted molar refractivity (Wildman–Crippen MR) is 75.8 cm³/mol. The SMILES string of the molecule is O=C(O)C1CCCCC1C(=O)SCc1ccccc1. The quantitative estimate of drug-likeness (QED) is 0.917. The van der Waals surface area contributed by atoms with E-state index in [1.54, 1.807) is 0 Å². The first-order valence-electron chi connectivity index (χ1n) is 6.62. The second-order valence-electron chi connectivity index (χ2n) is 4.93. The van der Waals surface area contributed by atoms with Gasteiger partial charge in [-0.2, -0.15) is 0 Å². The van der Waals surface area contributed by atoms with E-state index in [1.807, 2.05) is 30.3 Å². The van der Waals surface area contributed by atoms with Crippen LogP contribution in [0.3, 0.4) is 0 Å². The average molecular weight is 278 g/mol. The third-order valence-electron chi connectivity index (χ3n) is 3.61. The van der Waals surface area contributed by atoms with Crippen molar-refractivity contribution in [3.05, 3.63) is 35.9 Å². The van der Waals surface area contributed by atoms with E-state index in [9.17, 15) is 14.7 Å². The number of thioether (sulfide) groups is 1. The summed E-state index contributed by atoms with van der Waals surface area (Å²) < 4.78 is 0. The minimum absolute atomic E-state index is 0.0379. The number of carboxylic acid groups (broad SMARTS) is 1. The summed E-state index contributed by atoms with van der Waals surface area (Å²) in [4.78, 5) is 23.4. The molecule has 0 heterocycles. The van der Waals surface area contributed by atoms with Gasteiger partial charge in [0.25, 0.3) is 0 Å². The number of hydrogen-bond acceptors (Lipinski definition) is 3. The molecule has 0 aromatic heterocycles. The summed E-state index contributed by atoms with van der Waals surface area (Å²) in [5, 5.41) is 9.22. The molecule has 0 aliphatic heterocycles. The molecule has 102 valence electrons. The maximum atomic E-state index is 12.2. The van der Waals surface area contributed by atoms with Crippen molar-refractivity contribution in [3.63, 3.8) is 0 Å². The van der Waals surface area contributed by atoms with Gasteiger partial charge < -0.3 is 5.11 Å². The minimum atomic E-state index is -0.821. The first-order valence-corrected chi connectivity index (χ1v) is 7.60. The van der Waals surface area contributed by atoms with Gasteiger partial charge in [-0.15, -0.1) is 0 Å². The Labute approximate surface area is 117 Å². The van der Waals surface area contributed by atoms with Crippen LogP contribution in [-0.4, -0.2) is 16.2 Å². The lowest BCUT2D eigenvalue weighted by atomic mass is 9.80. The molecule has 1 aliphatic carbocycles. The summed E-state index contributed by atoms with van der Waals surface area (Å²) >= 11 is 1.25. The maximum Gasteiger partial charge on any atom is 0.307 e. The number of carbonyl (C=O) groups excluding carboxylic acids is 1. The molecule has 0 bridgehead atoms. The molecular weight excluding hydrogens is 260 g/mol. The molecule has 4 heteroatoms. The third kappa shape index (κ3) is 3.83. The summed E-state index contributed by atoms with van der Waals surface area (Å²) in [6, 6.07) is 9.80. The van der Waals surface area contributed by atoms with Gasteiger partial charge >= 0.3 is 5.97 Å². The zero-order chi connectivity index (χ0) is 13.7. The second-order valence-corrected chi connectivity index (χ2v) is 5.91. The van der Waals surface area contributed by atoms with Crippen molar-refractivity contribution in [2.45, 2.75) is 31.4 Å². The fourth-order valence-corrected chi connectivity index (χ4v) is 3.54. The summed E-state index contributed by atoms with van der Waals surface area (Å²) in [5.74, 6) is -0.981. The number of carbonyl (C=O) groups is 2. The Balaban J connectivity index is 1.93. The minimum Gasteiger partial charge on any atom is -0.481 e. The molecule has 1 aromatic rings. The Morgan fingerprint density at radius 3 is 2.37 bits per heavy atom. The molecule has 19 heavy (non-hydrogen) atoms. The smallest absolute Gasteiger partial charge is 0.307 e. The summed E-state index contributed by atoms with van der Waals surface area (Å²) in [5.41, 5.74) is 1.10. The van der Waals surface area contributed by atoms with Crippen LogP contribution >= 0.6 is 11.8 Å². The Hall–Kier alpha value is -1.29. The Morgan fingerprint density at radius 2 is 1.74 bits per heavy atom. The number of benzene rings is 1. The monoisotopic (exact) mass is 278 g/mol. The van der Waals surface area contributed by atoms with Crippen LogP contribution in [0.4, 0.5) is 0 Å². The lowest BCUT2D eigenvalue weighted by Gasteiger charge is -2.26. The van der Waals surface area contributed by atoms with Crippen molar-refractivity contribution in [1.82, 2.24) is 0 Å². The van der Waals surface area contributed by atoms with Crippen LogP contribution in [0.15, 0.2) is 30.3 Å². The standard InChI is InChI=1S/C15H18O3S/c16-14(17)12-8-4-5-9-13(12)15(18)19-10-11-6-2-1-3-7-11/h1-3,6-7,12-13H,4-5,8-10H2,(H,16,17). The molecule has 2 rings (SSSR count). The fraction of sp³-hybridized carbons (Fsp3) is 0.467. The Morgan fingerprint density at radius 1 is 1.11 bits per heavy atom. The van der Waals surface area contributed by atoms with Gasteiger partial charge in [0, 0.05) is 11.7 Å². The molecule has 0 saturated heterocycles. The zero-order valence-electron chi connectivity index (χ0n) is 10.7. The van der Waals surface area contributed by atoms with E-state index < -0.39 is 11.9 Å². The summed E-state index contributed by atoms with van der Waals surface area (Å²) in [6.07, 6.45) is 3.24. The molecule has 1 aromatic carbocycles. The first-order chi connectivity index (χ1) is 9.18. The highest BCUT2D eigenvalue weighted by Gasteiger charge is 2.35. The number of carboxylic acids is 1. The van der Waals surface area contributed by atoms with Crippen LogP contribution < -0.4 is 0 Å². The van der Waals surface area contributed by atoms with Crippen LogP contribution in [-0.2, 0) is 15.3 Å². The van der Waals surface area contributed by atoms with Crippen molar-refractivity contribution in [1.29, 1.82) is 0 Å². The van der Waals surface area contributed by atoms with E-state index in [0.29, 0.717) is 12.2 Å². The van der Waals surface area contributed by atoms with Crippen molar-refractivity contribution in [2.75, 3.05) is 0 Å². The topological polar surface area (TPSA) is 54.4 Å². The van der Waals surface area contributed by atoms with Crippen molar-refractivity contribution in [2.24, 2.45) is 11.8 Å². The van der Waals surface area contributed by atoms with Gasteiger partial charge in [-0.3, -0.25) is 9.59 Å². The van der Waals surface area contributed by atoms with E-state index in [1.165, 1.54) is 11.8 Å². The molecule has 3 nitrogen and oxygen atoms in total. The average Bonchev–Trinajstić information content (AvgIpc) is 2.46. The third-order valence-corrected chi connectivity index (χ3v) is 4.67. The van der Waals surface area contributed by atoms with Crippen molar-refractivity contribution in [3.8, 4) is 0 Å². The lowest BCUT2D eigenvalue weighted by Crippen LogP contribution is -2.31. The number of aliphatic carboxylic acids is 1. The number of rotatable bonds is 4. The fourth-order valence-electron chi connectivity index (χ4n) is 2.54. The van der Waals surface area contributed by atoms with Gasteiger partial charge in [-0.1, -0.05) is 54.9 Å². The van der Waals surface area contributed by atoms with E-state index in [0.717, 1.165) is 24.8 Å². The lowest BCUT2D eigenvalue weighted by molar-refractivity contribution is -0.146. The Bertz CT molecular complexity index is 444. The molecule has 1 fully saturated rings. The molecule has 0 amide bonds. The van der Waals surface area contributed by atoms with E-state index in [2.05, 4.69) is 0 Å². The highest BCUT2D eigenvalue weighted by atomic mass is 32.2. The zero-order valence-corrected chi connectivity index (χ0v) is 11.6. The van der Waals surface area contributed by atoms with Crippen LogP contribution in [0.5, 0.6) is 0 Å². The first kappa shape index (κ1) is 14.1. The highest BCUT2D eigenvalue weighted by molar-refractivity contribution is 8.13. The number of hydrogen-bond donors (Lipinski definition) is 1. The van der Waals surface area contributed by atoms with Gasteiger partial charge in [-0.25, -0.2) is 0 Å². The van der Waals surface area contributed by atoms with Gasteiger partial charge in [0.1, 0.15) is 0 Å². The molecule has 2 unspecified atom stereocenters. The largest absolute Gasteiger partial charge is 0.481 e. The van der Waals surface area contributed by atoms with Crippen molar-refractivity contribution >= 4 is 22.8 Å². The van der Waals surface area contributed by atoms with Crippen LogP contribution in [0.25, 0.3) is 0 Å². The van der Waals surface area contributed by atoms with Gasteiger partial charge in [0.15, 0.2) is 5.12 Å². The van der Waals surface area contributed by atoms with Gasteiger partial charge in [-0.05, 0) is 18.4 Å². The second kappa shape index (κ2) is 6.75. The van der Waals surface area contributed by atoms with Gasteiger partial charge in [0.2, 0.25) is 0 Å². The van der Waals surface area contributed by atoms with Crippen molar-refractivity contribution < 1.29 is 14.7 Å². The molecule has 1 aliphatic rings.